The molecule has 2 heterocycles. The molecule has 1 N–H and O–H groups in total. The number of carbonyl (C=O) groups is 1. The first-order valence-corrected chi connectivity index (χ1v) is 7.35. The zero-order valence-corrected chi connectivity index (χ0v) is 12.1. The van der Waals surface area contributed by atoms with Crippen LogP contribution in [0.1, 0.15) is 29.2 Å². The Kier molecular flexibility index (Phi) is 4.11. The van der Waals surface area contributed by atoms with Gasteiger partial charge in [-0.15, -0.1) is 0 Å². The Balaban J connectivity index is 1.74. The van der Waals surface area contributed by atoms with E-state index in [1.165, 1.54) is 10.6 Å². The molecule has 22 heavy (non-hydrogen) atoms. The molecule has 0 atom stereocenters. The van der Waals surface area contributed by atoms with Crippen LogP contribution in [0.4, 0.5) is 0 Å². The van der Waals surface area contributed by atoms with E-state index in [1.807, 2.05) is 0 Å². The van der Waals surface area contributed by atoms with E-state index in [0.717, 1.165) is 12.8 Å². The van der Waals surface area contributed by atoms with Crippen molar-refractivity contribution in [2.75, 3.05) is 13.2 Å². The molecule has 116 valence electrons. The fraction of sp³-hybridized carbons (Fsp3) is 0.375. The quantitative estimate of drug-likeness (QED) is 0.866. The van der Waals surface area contributed by atoms with Crippen LogP contribution in [0.2, 0.25) is 0 Å². The maximum atomic E-state index is 12.4. The van der Waals surface area contributed by atoms with E-state index in [-0.39, 0.29) is 36.4 Å². The number of amides is 1. The number of aliphatic hydroxyl groups is 1. The first-order chi connectivity index (χ1) is 10.7. The molecular weight excluding hydrogens is 284 g/mol. The summed E-state index contributed by atoms with van der Waals surface area (Å²) in [6.07, 6.45) is 3.62. The molecule has 0 bridgehead atoms. The highest BCUT2D eigenvalue weighted by Gasteiger charge is 2.33. The highest BCUT2D eigenvalue weighted by Crippen LogP contribution is 2.28. The van der Waals surface area contributed by atoms with Crippen molar-refractivity contribution in [3.05, 3.63) is 58.4 Å². The molecule has 6 nitrogen and oxygen atoms in total. The lowest BCUT2D eigenvalue weighted by Crippen LogP contribution is -2.35. The Labute approximate surface area is 127 Å². The van der Waals surface area contributed by atoms with Gasteiger partial charge < -0.3 is 19.0 Å². The van der Waals surface area contributed by atoms with Gasteiger partial charge in [0, 0.05) is 24.8 Å². The van der Waals surface area contributed by atoms with Crippen LogP contribution in [-0.2, 0) is 6.54 Å². The van der Waals surface area contributed by atoms with Crippen LogP contribution in [0, 0.1) is 0 Å². The van der Waals surface area contributed by atoms with Crippen LogP contribution >= 0.6 is 0 Å². The summed E-state index contributed by atoms with van der Waals surface area (Å²) in [6, 6.07) is 8.47. The predicted octanol–water partition coefficient (Wildman–Crippen LogP) is 1.09. The third-order valence-corrected chi connectivity index (χ3v) is 3.69. The Morgan fingerprint density at radius 1 is 1.32 bits per heavy atom. The van der Waals surface area contributed by atoms with Crippen molar-refractivity contribution in [1.82, 2.24) is 9.47 Å². The molecule has 1 aliphatic carbocycles. The average molecular weight is 302 g/mol. The van der Waals surface area contributed by atoms with Gasteiger partial charge in [0.25, 0.3) is 11.5 Å². The average Bonchev–Trinajstić information content (AvgIpc) is 3.25. The van der Waals surface area contributed by atoms with E-state index < -0.39 is 0 Å². The van der Waals surface area contributed by atoms with Crippen LogP contribution in [-0.4, -0.2) is 39.7 Å². The molecule has 0 radical (unpaired) electrons. The van der Waals surface area contributed by atoms with Crippen molar-refractivity contribution < 1.29 is 14.3 Å². The number of aromatic nitrogens is 1. The Morgan fingerprint density at radius 3 is 2.82 bits per heavy atom. The summed E-state index contributed by atoms with van der Waals surface area (Å²) < 4.78 is 7.09. The van der Waals surface area contributed by atoms with Crippen LogP contribution in [0.5, 0.6) is 0 Å². The van der Waals surface area contributed by atoms with Gasteiger partial charge in [0.05, 0.1) is 13.2 Å². The summed E-state index contributed by atoms with van der Waals surface area (Å²) in [5.74, 6) is 0.596. The lowest BCUT2D eigenvalue weighted by molar-refractivity contribution is 0.0673. The monoisotopic (exact) mass is 302 g/mol. The molecule has 3 rings (SSSR count). The number of carbonyl (C=O) groups excluding carboxylic acids is 1. The minimum atomic E-state index is -0.205. The zero-order chi connectivity index (χ0) is 15.5. The van der Waals surface area contributed by atoms with Gasteiger partial charge in [-0.3, -0.25) is 9.59 Å². The summed E-state index contributed by atoms with van der Waals surface area (Å²) in [4.78, 5) is 25.7. The zero-order valence-electron chi connectivity index (χ0n) is 12.1. The number of nitrogens with zero attached hydrogens (tertiary/aromatic N) is 2. The Bertz CT molecular complexity index is 715. The van der Waals surface area contributed by atoms with Crippen molar-refractivity contribution >= 4 is 5.91 Å². The van der Waals surface area contributed by atoms with E-state index in [2.05, 4.69) is 0 Å². The molecule has 2 aromatic rings. The maximum Gasteiger partial charge on any atom is 0.289 e. The maximum absolute atomic E-state index is 12.4. The van der Waals surface area contributed by atoms with Gasteiger partial charge in [-0.25, -0.2) is 0 Å². The molecule has 0 spiro atoms. The molecule has 1 amide bonds. The van der Waals surface area contributed by atoms with Gasteiger partial charge in [0.2, 0.25) is 0 Å². The highest BCUT2D eigenvalue weighted by atomic mass is 16.4. The largest absolute Gasteiger partial charge is 0.454 e. The van der Waals surface area contributed by atoms with Crippen LogP contribution in [0.25, 0.3) is 0 Å². The number of pyridine rings is 1. The summed E-state index contributed by atoms with van der Waals surface area (Å²) in [6.45, 7) is 0.545. The van der Waals surface area contributed by atoms with Gasteiger partial charge >= 0.3 is 0 Å². The third kappa shape index (κ3) is 3.12. The summed E-state index contributed by atoms with van der Waals surface area (Å²) >= 11 is 0. The molecule has 0 unspecified atom stereocenters. The Hall–Kier alpha value is -2.34. The van der Waals surface area contributed by atoms with Gasteiger partial charge in [0.15, 0.2) is 5.76 Å². The third-order valence-electron chi connectivity index (χ3n) is 3.69. The molecule has 6 heteroatoms. The van der Waals surface area contributed by atoms with Gasteiger partial charge in [0.1, 0.15) is 5.76 Å². The van der Waals surface area contributed by atoms with E-state index in [1.54, 1.807) is 35.4 Å². The van der Waals surface area contributed by atoms with Crippen molar-refractivity contribution in [3.8, 4) is 0 Å². The number of aliphatic hydroxyl groups excluding tert-OH is 1. The molecule has 1 fully saturated rings. The van der Waals surface area contributed by atoms with Crippen molar-refractivity contribution in [2.45, 2.75) is 25.4 Å². The standard InChI is InChI=1S/C16H18N2O4/c19-10-9-18(12-4-5-12)16(21)14-7-6-13(22-14)11-17-8-2-1-3-15(17)20/h1-3,6-8,12,19H,4-5,9-11H2. The van der Waals surface area contributed by atoms with E-state index >= 15 is 0 Å². The van der Waals surface area contributed by atoms with Crippen molar-refractivity contribution in [3.63, 3.8) is 0 Å². The second-order valence-electron chi connectivity index (χ2n) is 5.39. The van der Waals surface area contributed by atoms with E-state index in [0.29, 0.717) is 12.3 Å². The fourth-order valence-electron chi connectivity index (χ4n) is 2.42. The topological polar surface area (TPSA) is 75.7 Å². The van der Waals surface area contributed by atoms with Crippen molar-refractivity contribution in [2.24, 2.45) is 0 Å². The van der Waals surface area contributed by atoms with Crippen molar-refractivity contribution in [1.29, 1.82) is 0 Å². The fourth-order valence-corrected chi connectivity index (χ4v) is 2.42. The van der Waals surface area contributed by atoms with Crippen LogP contribution in [0.15, 0.2) is 45.7 Å². The summed E-state index contributed by atoms with van der Waals surface area (Å²) in [7, 11) is 0. The van der Waals surface area contributed by atoms with Gasteiger partial charge in [-0.05, 0) is 31.0 Å². The number of furan rings is 1. The SMILES string of the molecule is O=C(c1ccc(Cn2ccccc2=O)o1)N(CCO)C1CC1. The summed E-state index contributed by atoms with van der Waals surface area (Å²) in [5.41, 5.74) is -0.119. The second kappa shape index (κ2) is 6.19. The molecule has 1 saturated carbocycles. The summed E-state index contributed by atoms with van der Waals surface area (Å²) in [5, 5.41) is 9.08. The number of rotatable bonds is 6. The molecule has 2 aromatic heterocycles. The van der Waals surface area contributed by atoms with Gasteiger partial charge in [-0.2, -0.15) is 0 Å². The van der Waals surface area contributed by atoms with Gasteiger partial charge in [-0.1, -0.05) is 6.07 Å². The first kappa shape index (κ1) is 14.6. The minimum absolute atomic E-state index is 0.0603. The number of hydrogen-bond donors (Lipinski definition) is 1. The molecule has 0 aromatic carbocycles. The smallest absolute Gasteiger partial charge is 0.289 e. The highest BCUT2D eigenvalue weighted by molar-refractivity contribution is 5.92. The molecule has 0 aliphatic heterocycles. The lowest BCUT2D eigenvalue weighted by atomic mass is 10.3. The normalized spacial score (nSPS) is 14.0. The molecule has 0 saturated heterocycles. The number of hydrogen-bond acceptors (Lipinski definition) is 4. The minimum Gasteiger partial charge on any atom is -0.454 e. The predicted molar refractivity (Wildman–Crippen MR) is 79.7 cm³/mol. The Morgan fingerprint density at radius 2 is 2.14 bits per heavy atom. The first-order valence-electron chi connectivity index (χ1n) is 7.35. The van der Waals surface area contributed by atoms with E-state index in [9.17, 15) is 9.59 Å². The molecule has 1 aliphatic rings. The van der Waals surface area contributed by atoms with Crippen LogP contribution in [0.3, 0.4) is 0 Å². The second-order valence-corrected chi connectivity index (χ2v) is 5.39. The molecular formula is C16H18N2O4. The van der Waals surface area contributed by atoms with Crippen LogP contribution < -0.4 is 5.56 Å². The lowest BCUT2D eigenvalue weighted by Gasteiger charge is -2.19. The van der Waals surface area contributed by atoms with E-state index in [4.69, 9.17) is 9.52 Å².